The molecule has 0 aromatic heterocycles. The molecule has 0 spiro atoms. The van der Waals surface area contributed by atoms with Gasteiger partial charge >= 0.3 is 0 Å². The molecule has 0 amide bonds. The van der Waals surface area contributed by atoms with Crippen LogP contribution in [0.5, 0.6) is 0 Å². The average Bonchev–Trinajstić information content (AvgIpc) is 3.49. The number of rotatable bonds is 22. The van der Waals surface area contributed by atoms with Gasteiger partial charge in [-0.25, -0.2) is 0 Å². The Bertz CT molecular complexity index is 2510. The van der Waals surface area contributed by atoms with Crippen molar-refractivity contribution in [3.8, 4) is 0 Å². The fraction of sp³-hybridized carbons (Fsp3) is 0.118. The van der Waals surface area contributed by atoms with E-state index in [1.165, 1.54) is 91.7 Å². The maximum Gasteiger partial charge on any atom is 0.100 e. The van der Waals surface area contributed by atoms with Gasteiger partial charge in [-0.15, -0.1) is 0 Å². The standard InChI is InChI=1S/2C34H33P3.Fe/c2*1-6-16-30(17-7-1)35(26-28-36(31-18-8-2-9-19-31)32-20-10-3-11-21-32)27-29-37(33-22-12-4-13-23-33)34-24-14-5-15-25-34;/h2*1-25H,26-29H2;/p+5. The molecule has 75 heavy (non-hydrogen) atoms. The van der Waals surface area contributed by atoms with Gasteiger partial charge in [0.15, 0.2) is 0 Å². The van der Waals surface area contributed by atoms with Gasteiger partial charge in [0.05, 0.1) is 90.8 Å². The normalized spacial score (nSPS) is 11.5. The Labute approximate surface area is 466 Å². The van der Waals surface area contributed by atoms with Crippen LogP contribution in [0, 0.1) is 0 Å². The molecule has 10 rings (SSSR count). The average molecular weight is 1130 g/mol. The van der Waals surface area contributed by atoms with E-state index in [1.807, 2.05) is 0 Å². The quantitative estimate of drug-likeness (QED) is 0.0469. The molecule has 0 bridgehead atoms. The van der Waals surface area contributed by atoms with Gasteiger partial charge in [-0.05, 0) is 116 Å². The fourth-order valence-corrected chi connectivity index (χ4v) is 29.8. The third-order valence-electron chi connectivity index (χ3n) is 13.9. The Morgan fingerprint density at radius 2 is 0.387 bits per heavy atom. The van der Waals surface area contributed by atoms with Crippen molar-refractivity contribution in [3.63, 3.8) is 0 Å². The first-order valence-electron chi connectivity index (χ1n) is 26.3. The molecule has 10 aromatic carbocycles. The van der Waals surface area contributed by atoms with Crippen LogP contribution in [0.1, 0.15) is 0 Å². The predicted octanol–water partition coefficient (Wildman–Crippen LogP) is 12.8. The monoisotopic (exact) mass is 1130 g/mol. The van der Waals surface area contributed by atoms with Gasteiger partial charge in [-0.3, -0.25) is 0 Å². The van der Waals surface area contributed by atoms with Crippen LogP contribution in [0.3, 0.4) is 0 Å². The Kier molecular flexibility index (Phi) is 23.7. The zero-order chi connectivity index (χ0) is 50.2. The summed E-state index contributed by atoms with van der Waals surface area (Å²) < 4.78 is 0. The van der Waals surface area contributed by atoms with Crippen molar-refractivity contribution < 1.29 is 17.1 Å². The Balaban J connectivity index is 0.000000197. The molecule has 0 saturated carbocycles. The zero-order valence-corrected chi connectivity index (χ0v) is 49.8. The SMILES string of the molecule is [Fe].c1ccc(P(CC[PH+](CC[PH+](c2ccccc2)c2ccccc2)c2ccccc2)c2ccccc2)cc1.c1ccc([PH+](CC[PH+](c2ccccc2)c2ccccc2)CC[PH+](c2ccccc2)c2ccccc2)cc1. The molecule has 1 atom stereocenters. The van der Waals surface area contributed by atoms with E-state index in [9.17, 15) is 0 Å². The summed E-state index contributed by atoms with van der Waals surface area (Å²) in [5.41, 5.74) is 0. The summed E-state index contributed by atoms with van der Waals surface area (Å²) in [6, 6.07) is 113. The summed E-state index contributed by atoms with van der Waals surface area (Å²) >= 11 is 0. The van der Waals surface area contributed by atoms with E-state index < -0.39 is 39.6 Å². The van der Waals surface area contributed by atoms with Crippen LogP contribution in [0.4, 0.5) is 0 Å². The van der Waals surface area contributed by atoms with Gasteiger partial charge in [0, 0.05) is 39.1 Å². The first-order chi connectivity index (χ1) is 36.8. The molecular formula is C68H71FeP6+5. The van der Waals surface area contributed by atoms with Crippen LogP contribution >= 0.6 is 47.5 Å². The molecule has 0 radical (unpaired) electrons. The van der Waals surface area contributed by atoms with E-state index in [1.54, 1.807) is 10.6 Å². The summed E-state index contributed by atoms with van der Waals surface area (Å²) in [4.78, 5) is 0. The van der Waals surface area contributed by atoms with Crippen molar-refractivity contribution in [1.82, 2.24) is 0 Å². The van der Waals surface area contributed by atoms with E-state index in [0.717, 1.165) is 0 Å². The minimum absolute atomic E-state index is 0. The summed E-state index contributed by atoms with van der Waals surface area (Å²) in [7, 11) is -4.17. The maximum atomic E-state index is 2.39. The molecule has 10 aromatic rings. The van der Waals surface area contributed by atoms with E-state index in [2.05, 4.69) is 303 Å². The van der Waals surface area contributed by atoms with Gasteiger partial charge in [0.2, 0.25) is 0 Å². The number of hydrogen-bond acceptors (Lipinski definition) is 0. The predicted molar refractivity (Wildman–Crippen MR) is 348 cm³/mol. The van der Waals surface area contributed by atoms with Crippen LogP contribution in [0.25, 0.3) is 0 Å². The van der Waals surface area contributed by atoms with Gasteiger partial charge in [-0.2, -0.15) is 0 Å². The van der Waals surface area contributed by atoms with Crippen LogP contribution in [0.15, 0.2) is 303 Å². The van der Waals surface area contributed by atoms with Crippen molar-refractivity contribution in [1.29, 1.82) is 0 Å². The van der Waals surface area contributed by atoms with Crippen molar-refractivity contribution in [2.45, 2.75) is 0 Å². The summed E-state index contributed by atoms with van der Waals surface area (Å²) in [6.45, 7) is 0. The van der Waals surface area contributed by atoms with Gasteiger partial charge in [0.25, 0.3) is 0 Å². The van der Waals surface area contributed by atoms with E-state index in [4.69, 9.17) is 0 Å². The third kappa shape index (κ3) is 17.1. The minimum Gasteiger partial charge on any atom is -0.0622 e. The molecule has 0 heterocycles. The number of benzene rings is 10. The molecule has 0 fully saturated rings. The first-order valence-corrected chi connectivity index (χ1v) is 36.8. The van der Waals surface area contributed by atoms with Crippen LogP contribution in [-0.4, -0.2) is 49.3 Å². The molecule has 0 aliphatic carbocycles. The second kappa shape index (κ2) is 31.5. The maximum absolute atomic E-state index is 2.39. The molecule has 0 nitrogen and oxygen atoms in total. The van der Waals surface area contributed by atoms with E-state index >= 15 is 0 Å². The van der Waals surface area contributed by atoms with Crippen molar-refractivity contribution in [2.24, 2.45) is 0 Å². The molecular weight excluding hydrogens is 1060 g/mol. The van der Waals surface area contributed by atoms with Crippen molar-refractivity contribution in [3.05, 3.63) is 303 Å². The van der Waals surface area contributed by atoms with Crippen LogP contribution in [0.2, 0.25) is 0 Å². The minimum atomic E-state index is -0.812. The summed E-state index contributed by atoms with van der Waals surface area (Å²) in [5, 5.41) is 15.4. The Morgan fingerprint density at radius 1 is 0.200 bits per heavy atom. The summed E-state index contributed by atoms with van der Waals surface area (Å²) in [6.07, 6.45) is 10.4. The third-order valence-corrected chi connectivity index (χ3v) is 32.5. The molecule has 0 saturated heterocycles. The van der Waals surface area contributed by atoms with E-state index in [0.29, 0.717) is 0 Å². The molecule has 0 aliphatic rings. The van der Waals surface area contributed by atoms with Crippen molar-refractivity contribution in [2.75, 3.05) is 49.3 Å². The molecule has 7 heteroatoms. The zero-order valence-electron chi connectivity index (χ0n) is 42.8. The topological polar surface area (TPSA) is 0 Å². The largest absolute Gasteiger partial charge is 0.100 e. The second-order valence-electron chi connectivity index (χ2n) is 18.6. The smallest absolute Gasteiger partial charge is 0.0622 e. The summed E-state index contributed by atoms with van der Waals surface area (Å²) in [5.74, 6) is 0. The van der Waals surface area contributed by atoms with Gasteiger partial charge < -0.3 is 0 Å². The van der Waals surface area contributed by atoms with Crippen LogP contribution < -0.4 is 53.0 Å². The molecule has 376 valence electrons. The Hall–Kier alpha value is -4.70. The fourth-order valence-electron chi connectivity index (χ4n) is 10.1. The molecule has 1 unspecified atom stereocenters. The van der Waals surface area contributed by atoms with Gasteiger partial charge in [0.1, 0.15) is 18.5 Å². The Morgan fingerprint density at radius 3 is 0.613 bits per heavy atom. The number of hydrogen-bond donors (Lipinski definition) is 0. The first kappa shape index (κ1) is 56.5. The molecule has 0 N–H and O–H groups in total. The van der Waals surface area contributed by atoms with Crippen LogP contribution in [-0.2, 0) is 17.1 Å². The van der Waals surface area contributed by atoms with Crippen molar-refractivity contribution >= 4 is 101 Å². The second-order valence-corrected chi connectivity index (χ2v) is 34.4. The van der Waals surface area contributed by atoms with E-state index in [-0.39, 0.29) is 25.0 Å². The molecule has 0 aliphatic heterocycles. The van der Waals surface area contributed by atoms with Gasteiger partial charge in [-0.1, -0.05) is 206 Å².